The van der Waals surface area contributed by atoms with Crippen molar-refractivity contribution in [3.8, 4) is 0 Å². The van der Waals surface area contributed by atoms with Crippen LogP contribution in [0.1, 0.15) is 59.2 Å². The summed E-state index contributed by atoms with van der Waals surface area (Å²) in [6, 6.07) is 4.89. The van der Waals surface area contributed by atoms with Gasteiger partial charge in [0, 0.05) is 44.4 Å². The van der Waals surface area contributed by atoms with Gasteiger partial charge in [-0.05, 0) is 43.9 Å². The molecule has 1 amide bonds. The molecule has 1 aliphatic carbocycles. The molecule has 1 aromatic carbocycles. The summed E-state index contributed by atoms with van der Waals surface area (Å²) < 4.78 is 63.1. The molecule has 0 radical (unpaired) electrons. The van der Waals surface area contributed by atoms with E-state index in [1.807, 2.05) is 20.8 Å². The topological polar surface area (TPSA) is 93.5 Å². The summed E-state index contributed by atoms with van der Waals surface area (Å²) in [5, 5.41) is 2.67. The van der Waals surface area contributed by atoms with E-state index in [2.05, 4.69) is 9.88 Å². The third-order valence-corrected chi connectivity index (χ3v) is 8.84. The van der Waals surface area contributed by atoms with Crippen LogP contribution < -0.4 is 5.32 Å². The number of likely N-dealkylation sites (N-methyl/N-ethyl adjacent to an activating group) is 1. The number of alkyl halides is 2. The molecule has 2 aliphatic rings. The minimum absolute atomic E-state index is 0.0554. The molecule has 1 saturated carbocycles. The number of sulfonamides is 1. The van der Waals surface area contributed by atoms with Crippen LogP contribution in [0.4, 0.5) is 8.78 Å². The molecule has 2 aromatic rings. The highest BCUT2D eigenvalue weighted by atomic mass is 32.2. The molecule has 200 valence electrons. The summed E-state index contributed by atoms with van der Waals surface area (Å²) in [5.41, 5.74) is 1.02. The molecule has 1 aromatic heterocycles. The zero-order valence-corrected chi connectivity index (χ0v) is 22.2. The van der Waals surface area contributed by atoms with Crippen molar-refractivity contribution >= 4 is 27.0 Å². The van der Waals surface area contributed by atoms with Gasteiger partial charge >= 0.3 is 0 Å². The number of rotatable bonds is 6. The maximum absolute atomic E-state index is 13.7. The van der Waals surface area contributed by atoms with E-state index in [1.54, 1.807) is 25.1 Å². The molecule has 1 N–H and O–H groups in total. The third kappa shape index (κ3) is 5.57. The summed E-state index contributed by atoms with van der Waals surface area (Å²) in [7, 11) is -3.87. The molecule has 4 rings (SSSR count). The van der Waals surface area contributed by atoms with Gasteiger partial charge in [0.1, 0.15) is 11.9 Å². The minimum atomic E-state index is -3.87. The third-order valence-electron chi connectivity index (χ3n) is 6.98. The van der Waals surface area contributed by atoms with Crippen molar-refractivity contribution in [3.63, 3.8) is 0 Å². The van der Waals surface area contributed by atoms with Gasteiger partial charge in [0.05, 0.1) is 22.5 Å². The van der Waals surface area contributed by atoms with Crippen molar-refractivity contribution in [3.05, 3.63) is 24.0 Å². The molecule has 1 aliphatic heterocycles. The quantitative estimate of drug-likeness (QED) is 0.620. The smallest absolute Gasteiger partial charge is 0.250 e. The number of carbonyl (C=O) groups is 1. The van der Waals surface area contributed by atoms with Crippen molar-refractivity contribution in [2.24, 2.45) is 5.92 Å². The second-order valence-corrected chi connectivity index (χ2v) is 12.8. The van der Waals surface area contributed by atoms with Gasteiger partial charge in [0.25, 0.3) is 5.91 Å². The Labute approximate surface area is 211 Å². The molecule has 0 spiro atoms. The Balaban J connectivity index is 1.63. The van der Waals surface area contributed by atoms with Crippen molar-refractivity contribution in [2.75, 3.05) is 26.2 Å². The van der Waals surface area contributed by atoms with Crippen molar-refractivity contribution in [1.29, 1.82) is 0 Å². The van der Waals surface area contributed by atoms with Crippen LogP contribution >= 0.6 is 0 Å². The summed E-state index contributed by atoms with van der Waals surface area (Å²) in [6.45, 7) is 9.13. The lowest BCUT2D eigenvalue weighted by atomic mass is 9.86. The number of fused-ring (bicyclic) bond motifs is 1. The van der Waals surface area contributed by atoms with Crippen LogP contribution in [0.15, 0.2) is 23.1 Å². The molecule has 2 heterocycles. The van der Waals surface area contributed by atoms with E-state index in [0.29, 0.717) is 31.4 Å². The first-order valence-corrected chi connectivity index (χ1v) is 14.0. The molecule has 0 unspecified atom stereocenters. The van der Waals surface area contributed by atoms with Gasteiger partial charge in [0.2, 0.25) is 15.9 Å². The number of carbonyl (C=O) groups excluding carboxylic acids is 1. The molecular formula is C25H36F2N4O4S. The first-order chi connectivity index (χ1) is 16.8. The van der Waals surface area contributed by atoms with Crippen LogP contribution in [-0.2, 0) is 31.5 Å². The fraction of sp³-hybridized carbons (Fsp3) is 0.680. The second-order valence-electron chi connectivity index (χ2n) is 10.9. The molecule has 1 atom stereocenters. The summed E-state index contributed by atoms with van der Waals surface area (Å²) in [5.74, 6) is -2.00. The lowest BCUT2D eigenvalue weighted by Crippen LogP contribution is -2.51. The van der Waals surface area contributed by atoms with E-state index in [9.17, 15) is 22.0 Å². The van der Waals surface area contributed by atoms with Crippen LogP contribution in [0.5, 0.6) is 0 Å². The Morgan fingerprint density at radius 1 is 1.25 bits per heavy atom. The maximum atomic E-state index is 13.7. The van der Waals surface area contributed by atoms with Crippen LogP contribution in [0.2, 0.25) is 0 Å². The Kier molecular flexibility index (Phi) is 7.47. The predicted molar refractivity (Wildman–Crippen MR) is 133 cm³/mol. The molecule has 1 saturated heterocycles. The predicted octanol–water partition coefficient (Wildman–Crippen LogP) is 3.68. The van der Waals surface area contributed by atoms with Crippen LogP contribution in [0, 0.1) is 5.92 Å². The lowest BCUT2D eigenvalue weighted by molar-refractivity contribution is -0.136. The second kappa shape index (κ2) is 9.98. The minimum Gasteiger partial charge on any atom is -0.366 e. The van der Waals surface area contributed by atoms with Crippen LogP contribution in [0.25, 0.3) is 11.0 Å². The Hall–Kier alpha value is -2.11. The molecule has 36 heavy (non-hydrogen) atoms. The SMILES string of the molecule is CCNC(=O)[C@@H]1CN(S(=O)(=O)c2ccc3c(c2)nc(C(C)(C)C)n3CC2CCC(F)(F)CC2)CCO1. The van der Waals surface area contributed by atoms with E-state index >= 15 is 0 Å². The van der Waals surface area contributed by atoms with Crippen LogP contribution in [0.3, 0.4) is 0 Å². The van der Waals surface area contributed by atoms with Gasteiger partial charge in [-0.25, -0.2) is 22.2 Å². The van der Waals surface area contributed by atoms with Gasteiger partial charge in [0.15, 0.2) is 0 Å². The fourth-order valence-electron chi connectivity index (χ4n) is 5.01. The number of imidazole rings is 1. The zero-order chi connectivity index (χ0) is 26.3. The number of halogens is 2. The van der Waals surface area contributed by atoms with Crippen molar-refractivity contribution in [1.82, 2.24) is 19.2 Å². The number of benzene rings is 1. The number of ether oxygens (including phenoxy) is 1. The average molecular weight is 527 g/mol. The van der Waals surface area contributed by atoms with E-state index in [0.717, 1.165) is 11.3 Å². The highest BCUT2D eigenvalue weighted by molar-refractivity contribution is 7.89. The summed E-state index contributed by atoms with van der Waals surface area (Å²) >= 11 is 0. The lowest BCUT2D eigenvalue weighted by Gasteiger charge is -2.31. The van der Waals surface area contributed by atoms with Gasteiger partial charge in [-0.3, -0.25) is 4.79 Å². The van der Waals surface area contributed by atoms with E-state index in [-0.39, 0.29) is 54.7 Å². The highest BCUT2D eigenvalue weighted by Gasteiger charge is 2.37. The standard InChI is InChI=1S/C25H36F2N4O4S/c1-5-28-22(32)21-16-30(12-13-35-21)36(33,34)18-6-7-20-19(14-18)29-23(24(2,3)4)31(20)15-17-8-10-25(26,27)11-9-17/h6-7,14,17,21H,5,8-13,15-16H2,1-4H3,(H,28,32)/t21-/m0/s1. The number of hydrogen-bond acceptors (Lipinski definition) is 5. The van der Waals surface area contributed by atoms with E-state index in [4.69, 9.17) is 9.72 Å². The van der Waals surface area contributed by atoms with Gasteiger partial charge in [-0.1, -0.05) is 20.8 Å². The maximum Gasteiger partial charge on any atom is 0.250 e. The largest absolute Gasteiger partial charge is 0.366 e. The summed E-state index contributed by atoms with van der Waals surface area (Å²) in [6.07, 6.45) is -0.159. The Bertz CT molecular complexity index is 1210. The number of aromatic nitrogens is 2. The highest BCUT2D eigenvalue weighted by Crippen LogP contribution is 2.38. The normalized spacial score (nSPS) is 22.1. The first kappa shape index (κ1) is 26.9. The van der Waals surface area contributed by atoms with Gasteiger partial charge in [-0.15, -0.1) is 0 Å². The Morgan fingerprint density at radius 2 is 1.94 bits per heavy atom. The Morgan fingerprint density at radius 3 is 2.58 bits per heavy atom. The molecule has 0 bridgehead atoms. The molecule has 8 nitrogen and oxygen atoms in total. The number of hydrogen-bond donors (Lipinski definition) is 1. The van der Waals surface area contributed by atoms with Crippen LogP contribution in [-0.4, -0.2) is 66.4 Å². The van der Waals surface area contributed by atoms with Gasteiger partial charge < -0.3 is 14.6 Å². The number of amides is 1. The van der Waals surface area contributed by atoms with Crippen molar-refractivity contribution in [2.45, 2.75) is 82.3 Å². The van der Waals surface area contributed by atoms with E-state index < -0.39 is 22.0 Å². The monoisotopic (exact) mass is 526 g/mol. The number of nitrogens with one attached hydrogen (secondary N) is 1. The van der Waals surface area contributed by atoms with Gasteiger partial charge in [-0.2, -0.15) is 4.31 Å². The van der Waals surface area contributed by atoms with Crippen molar-refractivity contribution < 1.29 is 26.7 Å². The van der Waals surface area contributed by atoms with E-state index in [1.165, 1.54) is 4.31 Å². The molecular weight excluding hydrogens is 490 g/mol. The first-order valence-electron chi connectivity index (χ1n) is 12.6. The number of nitrogens with zero attached hydrogens (tertiary/aromatic N) is 3. The molecule has 11 heteroatoms. The fourth-order valence-corrected chi connectivity index (χ4v) is 6.45. The molecule has 2 fully saturated rings. The average Bonchev–Trinajstić information content (AvgIpc) is 3.19. The number of morpholine rings is 1. The summed E-state index contributed by atoms with van der Waals surface area (Å²) in [4.78, 5) is 17.1. The zero-order valence-electron chi connectivity index (χ0n) is 21.4.